The molecule has 1 saturated carbocycles. The third-order valence-electron chi connectivity index (χ3n) is 6.08. The van der Waals surface area contributed by atoms with Crippen LogP contribution in [-0.4, -0.2) is 32.6 Å². The van der Waals surface area contributed by atoms with Crippen molar-refractivity contribution in [2.75, 3.05) is 6.61 Å². The largest absolute Gasteiger partial charge is 0.484 e. The smallest absolute Gasteiger partial charge is 0.306 e. The Morgan fingerprint density at radius 3 is 2.67 bits per heavy atom. The summed E-state index contributed by atoms with van der Waals surface area (Å²) in [6.45, 7) is 5.79. The number of benzene rings is 1. The normalized spacial score (nSPS) is 16.6. The first-order chi connectivity index (χ1) is 17.4. The fourth-order valence-electron chi connectivity index (χ4n) is 3.95. The minimum atomic E-state index is -0.823. The first kappa shape index (κ1) is 25.5. The molecule has 1 N–H and O–H groups in total. The number of pyridine rings is 1. The molecule has 0 bridgehead atoms. The predicted molar refractivity (Wildman–Crippen MR) is 134 cm³/mol. The minimum Gasteiger partial charge on any atom is -0.484 e. The van der Waals surface area contributed by atoms with E-state index in [0.29, 0.717) is 36.0 Å². The van der Waals surface area contributed by atoms with Crippen LogP contribution < -0.4 is 9.47 Å². The van der Waals surface area contributed by atoms with E-state index in [4.69, 9.17) is 9.47 Å². The number of fused-ring (bicyclic) bond motifs is 1. The number of ether oxygens (including phenoxy) is 2. The van der Waals surface area contributed by atoms with Crippen LogP contribution in [0.3, 0.4) is 0 Å². The number of halogens is 1. The topological polar surface area (TPSA) is 94.4 Å². The van der Waals surface area contributed by atoms with E-state index in [1.807, 2.05) is 32.0 Å². The number of carboxylic acids is 1. The molecule has 2 atom stereocenters. The SMILES string of the molecule is C1CC1.CCOc1cc(-c2cnc(C3CCc4ccc(CC(C)C(=O)O)cc4O3)c(C)n2)c(F)cn1. The second kappa shape index (κ2) is 11.5. The lowest BCUT2D eigenvalue weighted by atomic mass is 9.95. The van der Waals surface area contributed by atoms with Crippen molar-refractivity contribution in [3.63, 3.8) is 0 Å². The predicted octanol–water partition coefficient (Wildman–Crippen LogP) is 5.88. The highest BCUT2D eigenvalue weighted by molar-refractivity contribution is 5.70. The summed E-state index contributed by atoms with van der Waals surface area (Å²) in [6.07, 6.45) is 8.87. The highest BCUT2D eigenvalue weighted by Gasteiger charge is 2.26. The Labute approximate surface area is 210 Å². The molecule has 1 aliphatic carbocycles. The lowest BCUT2D eigenvalue weighted by Crippen LogP contribution is -2.19. The van der Waals surface area contributed by atoms with E-state index < -0.39 is 17.7 Å². The second-order valence-electron chi connectivity index (χ2n) is 9.25. The fourth-order valence-corrected chi connectivity index (χ4v) is 3.95. The molecule has 2 aromatic heterocycles. The summed E-state index contributed by atoms with van der Waals surface area (Å²) in [5.74, 6) is -0.715. The molecule has 0 amide bonds. The Kier molecular flexibility index (Phi) is 8.13. The zero-order chi connectivity index (χ0) is 25.7. The lowest BCUT2D eigenvalue weighted by Gasteiger charge is -2.27. The van der Waals surface area contributed by atoms with E-state index in [1.54, 1.807) is 13.1 Å². The van der Waals surface area contributed by atoms with Gasteiger partial charge in [-0.3, -0.25) is 9.78 Å². The van der Waals surface area contributed by atoms with Gasteiger partial charge in [-0.25, -0.2) is 14.4 Å². The molecule has 1 aliphatic heterocycles. The number of aliphatic carboxylic acids is 1. The summed E-state index contributed by atoms with van der Waals surface area (Å²) in [5, 5.41) is 9.19. The molecule has 36 heavy (non-hydrogen) atoms. The summed E-state index contributed by atoms with van der Waals surface area (Å²) in [6, 6.07) is 7.40. The van der Waals surface area contributed by atoms with E-state index in [0.717, 1.165) is 35.9 Å². The maximum Gasteiger partial charge on any atom is 0.306 e. The Hall–Kier alpha value is -3.55. The van der Waals surface area contributed by atoms with E-state index in [2.05, 4.69) is 15.0 Å². The molecule has 1 aromatic carbocycles. The first-order valence-electron chi connectivity index (χ1n) is 12.5. The maximum absolute atomic E-state index is 14.4. The van der Waals surface area contributed by atoms with Crippen molar-refractivity contribution in [2.45, 2.75) is 65.4 Å². The number of rotatable bonds is 7. The summed E-state index contributed by atoms with van der Waals surface area (Å²) in [7, 11) is 0. The zero-order valence-corrected chi connectivity index (χ0v) is 21.0. The molecule has 3 aromatic rings. The van der Waals surface area contributed by atoms with Crippen LogP contribution in [0.25, 0.3) is 11.3 Å². The van der Waals surface area contributed by atoms with Crippen LogP contribution in [0.1, 0.15) is 68.1 Å². The van der Waals surface area contributed by atoms with Gasteiger partial charge in [-0.1, -0.05) is 38.3 Å². The van der Waals surface area contributed by atoms with Crippen molar-refractivity contribution < 1.29 is 23.8 Å². The molecular weight excluding hydrogens is 461 g/mol. The summed E-state index contributed by atoms with van der Waals surface area (Å²) >= 11 is 0. The van der Waals surface area contributed by atoms with Gasteiger partial charge < -0.3 is 14.6 Å². The Morgan fingerprint density at radius 2 is 2.00 bits per heavy atom. The summed E-state index contributed by atoms with van der Waals surface area (Å²) < 4.78 is 26.0. The number of hydrogen-bond acceptors (Lipinski definition) is 6. The highest BCUT2D eigenvalue weighted by Crippen LogP contribution is 2.36. The van der Waals surface area contributed by atoms with Gasteiger partial charge in [0.25, 0.3) is 0 Å². The third kappa shape index (κ3) is 6.36. The van der Waals surface area contributed by atoms with Crippen molar-refractivity contribution >= 4 is 5.97 Å². The van der Waals surface area contributed by atoms with Gasteiger partial charge in [0.1, 0.15) is 17.5 Å². The molecule has 7 nitrogen and oxygen atoms in total. The molecule has 1 fully saturated rings. The summed E-state index contributed by atoms with van der Waals surface area (Å²) in [4.78, 5) is 24.3. The number of nitrogens with zero attached hydrogens (tertiary/aromatic N) is 3. The molecule has 0 radical (unpaired) electrons. The van der Waals surface area contributed by atoms with Crippen molar-refractivity contribution in [1.29, 1.82) is 0 Å². The van der Waals surface area contributed by atoms with Gasteiger partial charge in [0.15, 0.2) is 5.82 Å². The van der Waals surface area contributed by atoms with Crippen LogP contribution in [0, 0.1) is 18.7 Å². The molecule has 5 rings (SSSR count). The number of hydrogen-bond donors (Lipinski definition) is 1. The third-order valence-corrected chi connectivity index (χ3v) is 6.08. The number of carboxylic acid groups (broad SMARTS) is 1. The van der Waals surface area contributed by atoms with Gasteiger partial charge in [0.05, 0.1) is 36.3 Å². The molecule has 2 aliphatic rings. The molecule has 2 unspecified atom stereocenters. The van der Waals surface area contributed by atoms with Crippen molar-refractivity contribution in [2.24, 2.45) is 5.92 Å². The molecule has 190 valence electrons. The molecule has 8 heteroatoms. The lowest BCUT2D eigenvalue weighted by molar-refractivity contribution is -0.141. The van der Waals surface area contributed by atoms with Crippen LogP contribution in [-0.2, 0) is 17.6 Å². The van der Waals surface area contributed by atoms with Gasteiger partial charge in [-0.15, -0.1) is 0 Å². The highest BCUT2D eigenvalue weighted by atomic mass is 19.1. The average Bonchev–Trinajstić information content (AvgIpc) is 3.74. The quantitative estimate of drug-likeness (QED) is 0.439. The molecule has 3 heterocycles. The average molecular weight is 494 g/mol. The molecular formula is C28H32FN3O4. The summed E-state index contributed by atoms with van der Waals surface area (Å²) in [5.41, 5.74) is 4.04. The van der Waals surface area contributed by atoms with Gasteiger partial charge in [0.2, 0.25) is 5.88 Å². The Bertz CT molecular complexity index is 1230. The van der Waals surface area contributed by atoms with Crippen LogP contribution in [0.5, 0.6) is 11.6 Å². The van der Waals surface area contributed by atoms with Crippen molar-refractivity contribution in [3.8, 4) is 22.9 Å². The van der Waals surface area contributed by atoms with Crippen LogP contribution >= 0.6 is 0 Å². The molecule has 0 spiro atoms. The standard InChI is InChI=1S/C25H26FN3O4.C3H6/c1-4-32-23-11-18(19(26)12-27-23)20-13-28-24(15(3)29-20)21-8-7-17-6-5-16(10-22(17)33-21)9-14(2)25(30)31;1-2-3-1/h5-6,10-14,21H,4,7-9H2,1-3H3,(H,30,31);1-3H2. The van der Waals surface area contributed by atoms with Gasteiger partial charge >= 0.3 is 5.97 Å². The monoisotopic (exact) mass is 493 g/mol. The number of aryl methyl sites for hydroxylation is 2. The van der Waals surface area contributed by atoms with Crippen molar-refractivity contribution in [1.82, 2.24) is 15.0 Å². The maximum atomic E-state index is 14.4. The van der Waals surface area contributed by atoms with E-state index in [-0.39, 0.29) is 11.7 Å². The van der Waals surface area contributed by atoms with E-state index >= 15 is 0 Å². The van der Waals surface area contributed by atoms with Crippen LogP contribution in [0.15, 0.2) is 36.7 Å². The number of aromatic nitrogens is 3. The first-order valence-corrected chi connectivity index (χ1v) is 12.5. The van der Waals surface area contributed by atoms with Crippen molar-refractivity contribution in [3.05, 3.63) is 65.0 Å². The molecule has 0 saturated heterocycles. The van der Waals surface area contributed by atoms with Gasteiger partial charge in [-0.05, 0) is 50.3 Å². The van der Waals surface area contributed by atoms with Gasteiger partial charge in [-0.2, -0.15) is 0 Å². The second-order valence-corrected chi connectivity index (χ2v) is 9.25. The van der Waals surface area contributed by atoms with E-state index in [1.165, 1.54) is 25.3 Å². The fraction of sp³-hybridized carbons (Fsp3) is 0.429. The van der Waals surface area contributed by atoms with Crippen LogP contribution in [0.4, 0.5) is 4.39 Å². The minimum absolute atomic E-state index is 0.280. The van der Waals surface area contributed by atoms with Crippen LogP contribution in [0.2, 0.25) is 0 Å². The van der Waals surface area contributed by atoms with Gasteiger partial charge in [0, 0.05) is 11.6 Å². The van der Waals surface area contributed by atoms with E-state index in [9.17, 15) is 14.3 Å². The number of carbonyl (C=O) groups is 1. The Morgan fingerprint density at radius 1 is 1.22 bits per heavy atom. The zero-order valence-electron chi connectivity index (χ0n) is 21.0. The Balaban J connectivity index is 0.000000943.